The smallest absolute Gasteiger partial charge is 0.243 e. The second-order valence-electron chi connectivity index (χ2n) is 5.19. The maximum absolute atomic E-state index is 12.6. The van der Waals surface area contributed by atoms with E-state index in [2.05, 4.69) is 5.32 Å². The lowest BCUT2D eigenvalue weighted by atomic mass is 10.1. The molecular formula is C14H19ClN2O4S. The van der Waals surface area contributed by atoms with Gasteiger partial charge in [0, 0.05) is 26.6 Å². The average molecular weight is 347 g/mol. The highest BCUT2D eigenvalue weighted by Crippen LogP contribution is 2.31. The maximum atomic E-state index is 12.6. The molecule has 1 N–H and O–H groups in total. The number of sulfonamides is 1. The van der Waals surface area contributed by atoms with Gasteiger partial charge in [0.2, 0.25) is 15.9 Å². The highest BCUT2D eigenvalue weighted by molar-refractivity contribution is 7.89. The summed E-state index contributed by atoms with van der Waals surface area (Å²) in [5, 5.41) is 2.81. The van der Waals surface area contributed by atoms with Crippen molar-refractivity contribution < 1.29 is 17.9 Å². The molecule has 1 aromatic rings. The van der Waals surface area contributed by atoms with Crippen LogP contribution in [0.25, 0.3) is 0 Å². The van der Waals surface area contributed by atoms with Crippen molar-refractivity contribution in [2.75, 3.05) is 27.2 Å². The van der Waals surface area contributed by atoms with Crippen LogP contribution < -0.4 is 10.1 Å². The molecule has 1 amide bonds. The first kappa shape index (κ1) is 17.1. The maximum Gasteiger partial charge on any atom is 0.243 e. The number of halogens is 1. The van der Waals surface area contributed by atoms with Crippen molar-refractivity contribution in [1.29, 1.82) is 0 Å². The summed E-state index contributed by atoms with van der Waals surface area (Å²) in [6.45, 7) is 0.757. The van der Waals surface area contributed by atoms with E-state index in [0.717, 1.165) is 0 Å². The van der Waals surface area contributed by atoms with Gasteiger partial charge in [-0.25, -0.2) is 8.42 Å². The van der Waals surface area contributed by atoms with Crippen LogP contribution in [0.15, 0.2) is 23.1 Å². The van der Waals surface area contributed by atoms with Gasteiger partial charge >= 0.3 is 0 Å². The molecule has 0 spiro atoms. The Morgan fingerprint density at radius 2 is 2.23 bits per heavy atom. The van der Waals surface area contributed by atoms with Gasteiger partial charge in [-0.1, -0.05) is 11.6 Å². The van der Waals surface area contributed by atoms with E-state index in [1.54, 1.807) is 7.05 Å². The van der Waals surface area contributed by atoms with Gasteiger partial charge in [-0.15, -0.1) is 0 Å². The van der Waals surface area contributed by atoms with Crippen LogP contribution in [0.1, 0.15) is 12.8 Å². The summed E-state index contributed by atoms with van der Waals surface area (Å²) < 4.78 is 31.7. The first-order valence-corrected chi connectivity index (χ1v) is 8.74. The second kappa shape index (κ2) is 6.85. The molecule has 22 heavy (non-hydrogen) atoms. The quantitative estimate of drug-likeness (QED) is 0.876. The van der Waals surface area contributed by atoms with E-state index < -0.39 is 10.0 Å². The monoisotopic (exact) mass is 346 g/mol. The summed E-state index contributed by atoms with van der Waals surface area (Å²) >= 11 is 6.00. The van der Waals surface area contributed by atoms with Crippen LogP contribution >= 0.6 is 11.6 Å². The van der Waals surface area contributed by atoms with Gasteiger partial charge < -0.3 is 10.1 Å². The van der Waals surface area contributed by atoms with Crippen molar-refractivity contribution in [3.05, 3.63) is 23.2 Å². The minimum Gasteiger partial charge on any atom is -0.495 e. The molecule has 2 rings (SSSR count). The molecule has 8 heteroatoms. The van der Waals surface area contributed by atoms with E-state index in [1.165, 1.54) is 29.6 Å². The second-order valence-corrected chi connectivity index (χ2v) is 7.54. The molecule has 1 aliphatic heterocycles. The van der Waals surface area contributed by atoms with Crippen molar-refractivity contribution in [3.8, 4) is 5.75 Å². The van der Waals surface area contributed by atoms with Crippen LogP contribution in [0.2, 0.25) is 5.02 Å². The fourth-order valence-electron chi connectivity index (χ4n) is 2.50. The van der Waals surface area contributed by atoms with Gasteiger partial charge in [-0.3, -0.25) is 4.79 Å². The zero-order valence-electron chi connectivity index (χ0n) is 12.5. The predicted octanol–water partition coefficient (Wildman–Crippen LogP) is 1.50. The molecule has 6 nitrogen and oxygen atoms in total. The lowest BCUT2D eigenvalue weighted by Crippen LogP contribution is -2.30. The third-order valence-corrected chi connectivity index (χ3v) is 5.92. The van der Waals surface area contributed by atoms with E-state index in [4.69, 9.17) is 16.3 Å². The third-order valence-electron chi connectivity index (χ3n) is 3.76. The number of nitrogens with one attached hydrogen (secondary N) is 1. The average Bonchev–Trinajstić information content (AvgIpc) is 2.96. The Bertz CT molecular complexity index is 663. The van der Waals surface area contributed by atoms with Crippen LogP contribution in [0.4, 0.5) is 0 Å². The van der Waals surface area contributed by atoms with Gasteiger partial charge in [0.25, 0.3) is 0 Å². The van der Waals surface area contributed by atoms with Crippen molar-refractivity contribution in [1.82, 2.24) is 9.62 Å². The number of nitrogens with zero attached hydrogens (tertiary/aromatic N) is 1. The van der Waals surface area contributed by atoms with Gasteiger partial charge in [-0.05, 0) is 30.5 Å². The Morgan fingerprint density at radius 1 is 1.50 bits per heavy atom. The van der Waals surface area contributed by atoms with Gasteiger partial charge in [0.1, 0.15) is 5.75 Å². The number of rotatable bonds is 5. The molecule has 1 aromatic carbocycles. The lowest BCUT2D eigenvalue weighted by molar-refractivity contribution is -0.121. The first-order chi connectivity index (χ1) is 10.4. The fraction of sp³-hybridized carbons (Fsp3) is 0.500. The van der Waals surface area contributed by atoms with Gasteiger partial charge in [0.05, 0.1) is 17.0 Å². The number of amides is 1. The Kier molecular flexibility index (Phi) is 5.31. The molecule has 0 bridgehead atoms. The molecule has 1 heterocycles. The van der Waals surface area contributed by atoms with E-state index in [1.807, 2.05) is 0 Å². The largest absolute Gasteiger partial charge is 0.495 e. The predicted molar refractivity (Wildman–Crippen MR) is 83.6 cm³/mol. The van der Waals surface area contributed by atoms with E-state index >= 15 is 0 Å². The molecular weight excluding hydrogens is 328 g/mol. The first-order valence-electron chi connectivity index (χ1n) is 6.92. The van der Waals surface area contributed by atoms with Gasteiger partial charge in [0.15, 0.2) is 0 Å². The summed E-state index contributed by atoms with van der Waals surface area (Å²) in [5.74, 6) is 0.403. The molecule has 1 fully saturated rings. The molecule has 0 saturated carbocycles. The summed E-state index contributed by atoms with van der Waals surface area (Å²) in [6, 6.07) is 4.40. The van der Waals surface area contributed by atoms with Crippen molar-refractivity contribution in [2.24, 2.45) is 5.92 Å². The number of carbonyl (C=O) groups excluding carboxylic acids is 1. The topological polar surface area (TPSA) is 75.7 Å². The summed E-state index contributed by atoms with van der Waals surface area (Å²) in [6.07, 6.45) is 1.02. The van der Waals surface area contributed by atoms with Crippen LogP contribution in [-0.2, 0) is 14.8 Å². The number of hydrogen-bond donors (Lipinski definition) is 1. The number of ether oxygens (including phenoxy) is 1. The molecule has 1 unspecified atom stereocenters. The molecule has 1 saturated heterocycles. The minimum absolute atomic E-state index is 0.0449. The Hall–Kier alpha value is -1.31. The van der Waals surface area contributed by atoms with Crippen molar-refractivity contribution >= 4 is 27.5 Å². The normalized spacial score (nSPS) is 19.1. The summed E-state index contributed by atoms with van der Waals surface area (Å²) in [7, 11) is -0.554. The lowest BCUT2D eigenvalue weighted by Gasteiger charge is -2.17. The molecule has 0 aliphatic carbocycles. The summed E-state index contributed by atoms with van der Waals surface area (Å²) in [4.78, 5) is 11.5. The van der Waals surface area contributed by atoms with Gasteiger partial charge in [-0.2, -0.15) is 4.31 Å². The van der Waals surface area contributed by atoms with Crippen molar-refractivity contribution in [3.63, 3.8) is 0 Å². The molecule has 1 atom stereocenters. The SMILES string of the molecule is CNC(=O)CC1CCN(S(=O)(=O)c2ccc(OC)c(Cl)c2)C1. The van der Waals surface area contributed by atoms with E-state index in [-0.39, 0.29) is 21.7 Å². The summed E-state index contributed by atoms with van der Waals surface area (Å²) in [5.41, 5.74) is 0. The zero-order valence-corrected chi connectivity index (χ0v) is 14.1. The van der Waals surface area contributed by atoms with E-state index in [0.29, 0.717) is 31.7 Å². The third kappa shape index (κ3) is 3.53. The Morgan fingerprint density at radius 3 is 2.82 bits per heavy atom. The number of carbonyl (C=O) groups is 1. The van der Waals surface area contributed by atoms with Crippen molar-refractivity contribution in [2.45, 2.75) is 17.7 Å². The van der Waals surface area contributed by atoms with Crippen LogP contribution in [0.5, 0.6) is 5.75 Å². The van der Waals surface area contributed by atoms with E-state index in [9.17, 15) is 13.2 Å². The molecule has 0 aromatic heterocycles. The highest BCUT2D eigenvalue weighted by atomic mass is 35.5. The molecule has 1 aliphatic rings. The Balaban J connectivity index is 2.14. The minimum atomic E-state index is -3.60. The number of benzene rings is 1. The number of methoxy groups -OCH3 is 1. The van der Waals surface area contributed by atoms with Crippen LogP contribution in [0, 0.1) is 5.92 Å². The molecule has 122 valence electrons. The van der Waals surface area contributed by atoms with Crippen LogP contribution in [-0.4, -0.2) is 45.9 Å². The standard InChI is InChI=1S/C14H19ClN2O4S/c1-16-14(18)7-10-5-6-17(9-10)22(19,20)11-3-4-13(21-2)12(15)8-11/h3-4,8,10H,5-7,9H2,1-2H3,(H,16,18). The fourth-order valence-corrected chi connectivity index (χ4v) is 4.38. The highest BCUT2D eigenvalue weighted by Gasteiger charge is 2.33. The molecule has 0 radical (unpaired) electrons. The Labute approximate surface area is 135 Å². The number of hydrogen-bond acceptors (Lipinski definition) is 4. The van der Waals surface area contributed by atoms with Crippen LogP contribution in [0.3, 0.4) is 0 Å². The zero-order chi connectivity index (χ0) is 16.3.